The van der Waals surface area contributed by atoms with E-state index in [9.17, 15) is 25.2 Å². The topological polar surface area (TPSA) is 138 Å². The first-order valence-corrected chi connectivity index (χ1v) is 14.1. The minimum absolute atomic E-state index is 0.267. The number of aliphatic hydroxyl groups is 4. The number of hydrogen-bond donors (Lipinski definition) is 4. The molecule has 39 heavy (non-hydrogen) atoms. The zero-order valence-electron chi connectivity index (χ0n) is 23.0. The van der Waals surface area contributed by atoms with Gasteiger partial charge in [-0.2, -0.15) is 0 Å². The summed E-state index contributed by atoms with van der Waals surface area (Å²) in [5, 5.41) is 46.0. The van der Waals surface area contributed by atoms with Crippen LogP contribution in [0.15, 0.2) is 48.1 Å². The lowest BCUT2D eigenvalue weighted by molar-refractivity contribution is -0.407. The first kappa shape index (κ1) is 27.5. The third-order valence-electron chi connectivity index (χ3n) is 10.3. The maximum absolute atomic E-state index is 13.5. The summed E-state index contributed by atoms with van der Waals surface area (Å²) in [5.74, 6) is -4.89. The van der Waals surface area contributed by atoms with E-state index in [1.54, 1.807) is 39.0 Å². The lowest BCUT2D eigenvalue weighted by atomic mass is 9.53. The molecule has 4 N–H and O–H groups in total. The van der Waals surface area contributed by atoms with Gasteiger partial charge in [0.25, 0.3) is 0 Å². The van der Waals surface area contributed by atoms with Crippen LogP contribution in [0.25, 0.3) is 0 Å². The van der Waals surface area contributed by atoms with E-state index in [0.29, 0.717) is 5.57 Å². The van der Waals surface area contributed by atoms with Gasteiger partial charge in [0.2, 0.25) is 0 Å². The number of carbonyl (C=O) groups excluding carboxylic acids is 1. The molecule has 6 aliphatic rings. The van der Waals surface area contributed by atoms with Crippen molar-refractivity contribution in [3.63, 3.8) is 0 Å². The fourth-order valence-corrected chi connectivity index (χ4v) is 8.32. The van der Waals surface area contributed by atoms with Crippen molar-refractivity contribution in [1.82, 2.24) is 0 Å². The van der Waals surface area contributed by atoms with E-state index in [-0.39, 0.29) is 5.57 Å². The molecule has 0 aromatic heterocycles. The number of hydrogen-bond acceptors (Lipinski definition) is 9. The second-order valence-electron chi connectivity index (χ2n) is 12.4. The van der Waals surface area contributed by atoms with E-state index < -0.39 is 82.9 Å². The Morgan fingerprint density at radius 1 is 1.15 bits per heavy atom. The number of epoxide rings is 1. The van der Waals surface area contributed by atoms with Crippen LogP contribution in [0, 0.1) is 17.8 Å². The zero-order valence-corrected chi connectivity index (χ0v) is 23.0. The quantitative estimate of drug-likeness (QED) is 0.156. The highest BCUT2D eigenvalue weighted by atomic mass is 16.9. The van der Waals surface area contributed by atoms with Gasteiger partial charge in [0, 0.05) is 23.8 Å². The second kappa shape index (κ2) is 8.66. The number of aliphatic hydroxyl groups excluding tert-OH is 3. The van der Waals surface area contributed by atoms with Crippen molar-refractivity contribution < 1.29 is 44.2 Å². The van der Waals surface area contributed by atoms with Crippen LogP contribution in [0.3, 0.4) is 0 Å². The molecule has 3 bridgehead atoms. The van der Waals surface area contributed by atoms with E-state index in [4.69, 9.17) is 18.9 Å². The molecule has 3 aliphatic carbocycles. The number of unbranched alkanes of at least 4 members (excludes halogenated alkanes) is 3. The number of ketones is 1. The molecule has 214 valence electrons. The van der Waals surface area contributed by atoms with Crippen LogP contribution in [0.1, 0.15) is 53.4 Å². The van der Waals surface area contributed by atoms with Crippen molar-refractivity contribution in [1.29, 1.82) is 0 Å². The second-order valence-corrected chi connectivity index (χ2v) is 12.4. The molecule has 5 fully saturated rings. The van der Waals surface area contributed by atoms with Gasteiger partial charge in [-0.3, -0.25) is 4.79 Å². The molecule has 2 saturated carbocycles. The number of Topliss-reactive ketones (excluding diaryl/α,β-unsaturated/α-hetero) is 1. The van der Waals surface area contributed by atoms with Crippen molar-refractivity contribution in [3.8, 4) is 0 Å². The largest absolute Gasteiger partial charge is 0.393 e. The Kier molecular flexibility index (Phi) is 6.10. The smallest absolute Gasteiger partial charge is 0.306 e. The molecule has 0 radical (unpaired) electrons. The van der Waals surface area contributed by atoms with Crippen LogP contribution in [0.5, 0.6) is 0 Å². The summed E-state index contributed by atoms with van der Waals surface area (Å²) < 4.78 is 26.0. The van der Waals surface area contributed by atoms with Gasteiger partial charge >= 0.3 is 5.97 Å². The molecule has 0 aromatic carbocycles. The van der Waals surface area contributed by atoms with Gasteiger partial charge < -0.3 is 39.4 Å². The van der Waals surface area contributed by atoms with Crippen molar-refractivity contribution in [2.75, 3.05) is 6.61 Å². The van der Waals surface area contributed by atoms with Gasteiger partial charge in [-0.05, 0) is 37.8 Å². The number of carbonyl (C=O) groups is 1. The average Bonchev–Trinajstić information content (AvgIpc) is 3.53. The maximum atomic E-state index is 13.5. The molecule has 6 rings (SSSR count). The monoisotopic (exact) mass is 544 g/mol. The van der Waals surface area contributed by atoms with E-state index >= 15 is 0 Å². The van der Waals surface area contributed by atoms with E-state index in [1.807, 2.05) is 6.08 Å². The fraction of sp³-hybridized carbons (Fsp3) is 0.700. The SMILES string of the molecule is C=C(C)[C@@]12O[C@@]3(/C=C/C=C/CCCCC)O[C@@H]1[C@@H]1[C@@H]4O[C@]4(CO)[C@@H](O)[C@]4(O)C(=O)C(C)=C[C@H]4[C@@]1(O3)[C@H](C)[C@H]2O. The predicted octanol–water partition coefficient (Wildman–Crippen LogP) is 1.84. The van der Waals surface area contributed by atoms with Gasteiger partial charge in [-0.25, -0.2) is 0 Å². The number of allylic oxidation sites excluding steroid dienone is 3. The number of ether oxygens (including phenoxy) is 4. The average molecular weight is 545 g/mol. The van der Waals surface area contributed by atoms with Crippen LogP contribution in [-0.2, 0) is 23.7 Å². The first-order valence-electron chi connectivity index (χ1n) is 14.1. The summed E-state index contributed by atoms with van der Waals surface area (Å²) >= 11 is 0. The van der Waals surface area contributed by atoms with E-state index in [1.165, 1.54) is 0 Å². The number of fused-ring (bicyclic) bond motifs is 3. The summed E-state index contributed by atoms with van der Waals surface area (Å²) in [6.45, 7) is 10.8. The highest BCUT2D eigenvalue weighted by Gasteiger charge is 2.89. The van der Waals surface area contributed by atoms with Crippen LogP contribution in [0.4, 0.5) is 0 Å². The molecule has 0 aromatic rings. The van der Waals surface area contributed by atoms with E-state index in [2.05, 4.69) is 19.6 Å². The summed E-state index contributed by atoms with van der Waals surface area (Å²) in [5.41, 5.74) is -5.98. The minimum atomic E-state index is -2.34. The molecule has 0 spiro atoms. The summed E-state index contributed by atoms with van der Waals surface area (Å²) in [7, 11) is 0. The van der Waals surface area contributed by atoms with Gasteiger partial charge in [0.15, 0.2) is 11.4 Å². The van der Waals surface area contributed by atoms with Crippen LogP contribution < -0.4 is 0 Å². The summed E-state index contributed by atoms with van der Waals surface area (Å²) in [6, 6.07) is 0. The Hall–Kier alpha value is -1.69. The standard InChI is InChI=1S/C30H40O9/c1-6-7-8-9-10-11-12-13-27-37-24-20-23-26(15-31,36-23)25(34)28(35)19(14-17(4)21(28)32)30(20,39-27)18(5)22(33)29(24,38-27)16(2)3/h10-14,18-20,22-25,31,33-35H,2,6-9,15H2,1,3-5H3/b11-10+,13-12+/t18-,19-,20+,22-,23+,24-,25-,26+,27-,28-,29+,30+/m1/s1. The van der Waals surface area contributed by atoms with Gasteiger partial charge in [-0.15, -0.1) is 0 Å². The number of rotatable bonds is 8. The zero-order chi connectivity index (χ0) is 28.2. The third-order valence-corrected chi connectivity index (χ3v) is 10.3. The molecule has 3 heterocycles. The molecule has 0 unspecified atom stereocenters. The van der Waals surface area contributed by atoms with Crippen molar-refractivity contribution in [2.45, 2.75) is 106 Å². The van der Waals surface area contributed by atoms with Crippen LogP contribution >= 0.6 is 0 Å². The molecule has 9 heteroatoms. The summed E-state index contributed by atoms with van der Waals surface area (Å²) in [6.07, 6.45) is 8.70. The fourth-order valence-electron chi connectivity index (χ4n) is 8.32. The Bertz CT molecular complexity index is 1180. The van der Waals surface area contributed by atoms with Gasteiger partial charge in [-0.1, -0.05) is 57.6 Å². The normalized spacial score (nSPS) is 53.1. The lowest BCUT2D eigenvalue weighted by Gasteiger charge is -2.60. The molecule has 0 amide bonds. The minimum Gasteiger partial charge on any atom is -0.393 e. The van der Waals surface area contributed by atoms with Crippen molar-refractivity contribution in [3.05, 3.63) is 48.1 Å². The molecule has 3 aliphatic heterocycles. The maximum Gasteiger partial charge on any atom is 0.306 e. The van der Waals surface area contributed by atoms with Crippen molar-refractivity contribution in [2.24, 2.45) is 17.8 Å². The molecule has 3 saturated heterocycles. The van der Waals surface area contributed by atoms with Crippen LogP contribution in [-0.4, -0.2) is 85.6 Å². The lowest BCUT2D eigenvalue weighted by Crippen LogP contribution is -2.76. The predicted molar refractivity (Wildman–Crippen MR) is 139 cm³/mol. The Balaban J connectivity index is 1.51. The third kappa shape index (κ3) is 3.11. The van der Waals surface area contributed by atoms with Gasteiger partial charge in [0.05, 0.1) is 18.3 Å². The summed E-state index contributed by atoms with van der Waals surface area (Å²) in [4.78, 5) is 13.5. The van der Waals surface area contributed by atoms with Gasteiger partial charge in [0.1, 0.15) is 29.5 Å². The van der Waals surface area contributed by atoms with Crippen LogP contribution in [0.2, 0.25) is 0 Å². The Labute approximate surface area is 228 Å². The highest BCUT2D eigenvalue weighted by Crippen LogP contribution is 2.72. The molecular weight excluding hydrogens is 504 g/mol. The molecular formula is C30H40O9. The Morgan fingerprint density at radius 2 is 1.90 bits per heavy atom. The first-order chi connectivity index (χ1) is 18.4. The highest BCUT2D eigenvalue weighted by molar-refractivity contribution is 6.05. The Morgan fingerprint density at radius 3 is 2.56 bits per heavy atom. The molecule has 9 nitrogen and oxygen atoms in total. The molecule has 12 atom stereocenters. The van der Waals surface area contributed by atoms with E-state index in [0.717, 1.165) is 25.7 Å². The van der Waals surface area contributed by atoms with Crippen molar-refractivity contribution >= 4 is 5.78 Å².